The largest absolute Gasteiger partial charge is 0.465 e. The van der Waals surface area contributed by atoms with Crippen molar-refractivity contribution in [1.82, 2.24) is 4.57 Å². The number of rotatable bonds is 3. The third-order valence-electron chi connectivity index (χ3n) is 5.19. The molecule has 4 rings (SSSR count). The van der Waals surface area contributed by atoms with E-state index in [1.54, 1.807) is 18.2 Å². The molecule has 1 aliphatic carbocycles. The summed E-state index contributed by atoms with van der Waals surface area (Å²) in [6.45, 7) is 2.49. The lowest BCUT2D eigenvalue weighted by Gasteiger charge is -2.20. The van der Waals surface area contributed by atoms with Crippen LogP contribution < -0.4 is 0 Å². The van der Waals surface area contributed by atoms with Crippen LogP contribution >= 0.6 is 0 Å². The van der Waals surface area contributed by atoms with Crippen molar-refractivity contribution in [2.45, 2.75) is 26.3 Å². The number of aromatic nitrogens is 1. The highest BCUT2D eigenvalue weighted by Crippen LogP contribution is 2.36. The number of hydrogen-bond donors (Lipinski definition) is 0. The van der Waals surface area contributed by atoms with Crippen LogP contribution in [0, 0.1) is 11.7 Å². The van der Waals surface area contributed by atoms with Crippen LogP contribution in [0.15, 0.2) is 42.5 Å². The second-order valence-electron chi connectivity index (χ2n) is 7.17. The van der Waals surface area contributed by atoms with E-state index >= 15 is 0 Å². The summed E-state index contributed by atoms with van der Waals surface area (Å²) in [6, 6.07) is 11.8. The van der Waals surface area contributed by atoms with E-state index in [-0.39, 0.29) is 17.5 Å². The number of halogens is 1. The maximum Gasteiger partial charge on any atom is 0.338 e. The molecule has 0 fully saturated rings. The predicted octanol–water partition coefficient (Wildman–Crippen LogP) is 4.38. The van der Waals surface area contributed by atoms with Crippen molar-refractivity contribution in [3.63, 3.8) is 0 Å². The minimum absolute atomic E-state index is 0.0445. The van der Waals surface area contributed by atoms with Crippen molar-refractivity contribution in [3.8, 4) is 0 Å². The van der Waals surface area contributed by atoms with E-state index in [4.69, 9.17) is 4.74 Å². The number of methoxy groups -OCH3 is 1. The fourth-order valence-corrected chi connectivity index (χ4v) is 4.06. The molecule has 0 saturated heterocycles. The number of esters is 1. The van der Waals surface area contributed by atoms with E-state index in [1.165, 1.54) is 19.2 Å². The minimum atomic E-state index is -0.460. The Morgan fingerprint density at radius 3 is 2.74 bits per heavy atom. The molecule has 0 radical (unpaired) electrons. The topological polar surface area (TPSA) is 48.3 Å². The van der Waals surface area contributed by atoms with Gasteiger partial charge in [-0.15, -0.1) is 0 Å². The highest BCUT2D eigenvalue weighted by molar-refractivity contribution is 6.16. The Labute approximate surface area is 156 Å². The zero-order valence-electron chi connectivity index (χ0n) is 15.3. The van der Waals surface area contributed by atoms with E-state index in [0.717, 1.165) is 23.2 Å². The standard InChI is InChI=1S/C22H20FNO3/c1-13-9-18-21(19(25)10-13)20-16(22(26)27-2)7-4-8-17(20)24(18)12-14-5-3-6-15(23)11-14/h3-8,11,13H,9-10,12H2,1-2H3. The summed E-state index contributed by atoms with van der Waals surface area (Å²) in [4.78, 5) is 25.2. The molecule has 2 aromatic carbocycles. The monoisotopic (exact) mass is 365 g/mol. The Morgan fingerprint density at radius 2 is 2.00 bits per heavy atom. The first-order valence-electron chi connectivity index (χ1n) is 8.99. The van der Waals surface area contributed by atoms with Gasteiger partial charge in [0.2, 0.25) is 0 Å². The van der Waals surface area contributed by atoms with Crippen molar-refractivity contribution < 1.29 is 18.7 Å². The molecule has 0 aliphatic heterocycles. The lowest BCUT2D eigenvalue weighted by atomic mass is 9.86. The molecule has 4 nitrogen and oxygen atoms in total. The van der Waals surface area contributed by atoms with Crippen LogP contribution in [0.3, 0.4) is 0 Å². The molecular weight excluding hydrogens is 345 g/mol. The Kier molecular flexibility index (Phi) is 4.30. The summed E-state index contributed by atoms with van der Waals surface area (Å²) in [7, 11) is 1.33. The molecule has 1 unspecified atom stereocenters. The zero-order chi connectivity index (χ0) is 19.1. The normalized spacial score (nSPS) is 16.4. The smallest absolute Gasteiger partial charge is 0.338 e. The Balaban J connectivity index is 1.99. The second kappa shape index (κ2) is 6.65. The molecule has 1 aliphatic rings. The van der Waals surface area contributed by atoms with Gasteiger partial charge in [-0.3, -0.25) is 4.79 Å². The van der Waals surface area contributed by atoms with Crippen molar-refractivity contribution in [2.24, 2.45) is 5.92 Å². The first kappa shape index (κ1) is 17.5. The summed E-state index contributed by atoms with van der Waals surface area (Å²) in [5.74, 6) is -0.486. The number of hydrogen-bond acceptors (Lipinski definition) is 3. The quantitative estimate of drug-likeness (QED) is 0.647. The fraction of sp³-hybridized carbons (Fsp3) is 0.273. The van der Waals surface area contributed by atoms with Gasteiger partial charge >= 0.3 is 5.97 Å². The number of carbonyl (C=O) groups excluding carboxylic acids is 2. The van der Waals surface area contributed by atoms with Gasteiger partial charge in [-0.2, -0.15) is 0 Å². The second-order valence-corrected chi connectivity index (χ2v) is 7.17. The molecule has 1 heterocycles. The first-order chi connectivity index (χ1) is 13.0. The molecule has 0 spiro atoms. The Bertz CT molecular complexity index is 1070. The average Bonchev–Trinajstić information content (AvgIpc) is 2.95. The van der Waals surface area contributed by atoms with E-state index in [1.807, 2.05) is 23.6 Å². The number of fused-ring (bicyclic) bond motifs is 3. The molecule has 0 N–H and O–H groups in total. The number of ketones is 1. The van der Waals surface area contributed by atoms with Gasteiger partial charge in [-0.1, -0.05) is 25.1 Å². The van der Waals surface area contributed by atoms with Crippen LogP contribution in [0.2, 0.25) is 0 Å². The summed E-state index contributed by atoms with van der Waals surface area (Å²) in [6.07, 6.45) is 1.20. The molecule has 1 aromatic heterocycles. The highest BCUT2D eigenvalue weighted by atomic mass is 19.1. The number of ether oxygens (including phenoxy) is 1. The summed E-state index contributed by atoms with van der Waals surface area (Å²) < 4.78 is 20.6. The Hall–Kier alpha value is -2.95. The van der Waals surface area contributed by atoms with Gasteiger partial charge in [0.15, 0.2) is 5.78 Å². The molecule has 3 aromatic rings. The van der Waals surface area contributed by atoms with Gasteiger partial charge < -0.3 is 9.30 Å². The third-order valence-corrected chi connectivity index (χ3v) is 5.19. The molecule has 138 valence electrons. The van der Waals surface area contributed by atoms with Crippen molar-refractivity contribution >= 4 is 22.7 Å². The maximum atomic E-state index is 13.7. The Morgan fingerprint density at radius 1 is 1.22 bits per heavy atom. The maximum absolute atomic E-state index is 13.7. The van der Waals surface area contributed by atoms with Crippen molar-refractivity contribution in [2.75, 3.05) is 7.11 Å². The SMILES string of the molecule is COC(=O)c1cccc2c1c1c(n2Cc2cccc(F)c2)CC(C)CC1=O. The fourth-order valence-electron chi connectivity index (χ4n) is 4.06. The van der Waals surface area contributed by atoms with Crippen LogP contribution in [-0.4, -0.2) is 23.4 Å². The highest BCUT2D eigenvalue weighted by Gasteiger charge is 2.31. The lowest BCUT2D eigenvalue weighted by molar-refractivity contribution is 0.0603. The zero-order valence-corrected chi connectivity index (χ0v) is 15.3. The van der Waals surface area contributed by atoms with Crippen LogP contribution in [-0.2, 0) is 17.7 Å². The van der Waals surface area contributed by atoms with Gasteiger partial charge in [0.05, 0.1) is 18.2 Å². The number of benzene rings is 2. The van der Waals surface area contributed by atoms with Gasteiger partial charge in [-0.05, 0) is 42.2 Å². The van der Waals surface area contributed by atoms with E-state index in [2.05, 4.69) is 0 Å². The summed E-state index contributed by atoms with van der Waals surface area (Å²) >= 11 is 0. The van der Waals surface area contributed by atoms with Crippen LogP contribution in [0.25, 0.3) is 10.9 Å². The average molecular weight is 365 g/mol. The summed E-state index contributed by atoms with van der Waals surface area (Å²) in [5.41, 5.74) is 3.53. The molecule has 0 bridgehead atoms. The van der Waals surface area contributed by atoms with Crippen molar-refractivity contribution in [1.29, 1.82) is 0 Å². The van der Waals surface area contributed by atoms with Gasteiger partial charge in [0.25, 0.3) is 0 Å². The molecule has 0 saturated carbocycles. The van der Waals surface area contributed by atoms with Crippen LogP contribution in [0.1, 0.15) is 45.3 Å². The number of carbonyl (C=O) groups is 2. The van der Waals surface area contributed by atoms with Crippen LogP contribution in [0.4, 0.5) is 4.39 Å². The van der Waals surface area contributed by atoms with Crippen LogP contribution in [0.5, 0.6) is 0 Å². The van der Waals surface area contributed by atoms with E-state index in [0.29, 0.717) is 29.5 Å². The van der Waals surface area contributed by atoms with Gasteiger partial charge in [0, 0.05) is 29.6 Å². The van der Waals surface area contributed by atoms with Gasteiger partial charge in [-0.25, -0.2) is 9.18 Å². The molecule has 5 heteroatoms. The number of nitrogens with zero attached hydrogens (tertiary/aromatic N) is 1. The minimum Gasteiger partial charge on any atom is -0.465 e. The van der Waals surface area contributed by atoms with Crippen molar-refractivity contribution in [3.05, 3.63) is 70.7 Å². The third kappa shape index (κ3) is 2.93. The van der Waals surface area contributed by atoms with E-state index < -0.39 is 5.97 Å². The number of Topliss-reactive ketones (excluding diaryl/α,β-unsaturated/α-hetero) is 1. The van der Waals surface area contributed by atoms with Gasteiger partial charge in [0.1, 0.15) is 5.82 Å². The molecule has 27 heavy (non-hydrogen) atoms. The first-order valence-corrected chi connectivity index (χ1v) is 8.99. The molecule has 1 atom stereocenters. The van der Waals surface area contributed by atoms with E-state index in [9.17, 15) is 14.0 Å². The lowest BCUT2D eigenvalue weighted by Crippen LogP contribution is -2.20. The summed E-state index contributed by atoms with van der Waals surface area (Å²) in [5, 5.41) is 0.646. The molecular formula is C22H20FNO3. The predicted molar refractivity (Wildman–Crippen MR) is 101 cm³/mol. The molecule has 0 amide bonds.